The Labute approximate surface area is 296 Å². The molecule has 2 heteroatoms. The Morgan fingerprint density at radius 1 is 0.392 bits per heavy atom. The van der Waals surface area contributed by atoms with Crippen molar-refractivity contribution in [1.29, 1.82) is 0 Å². The van der Waals surface area contributed by atoms with E-state index < -0.39 is 0 Å². The first-order valence-electron chi connectivity index (χ1n) is 17.8. The van der Waals surface area contributed by atoms with Gasteiger partial charge in [0.25, 0.3) is 0 Å². The van der Waals surface area contributed by atoms with Crippen molar-refractivity contribution in [2.24, 2.45) is 0 Å². The van der Waals surface area contributed by atoms with Crippen LogP contribution in [0.1, 0.15) is 45.2 Å². The maximum atomic E-state index is 4.56. The topological polar surface area (TPSA) is 17.8 Å². The predicted octanol–water partition coefficient (Wildman–Crippen LogP) is 12.2. The lowest BCUT2D eigenvalue weighted by molar-refractivity contribution is 1.01. The molecule has 2 heterocycles. The smallest absolute Gasteiger partial charge is 0.0541 e. The Bertz CT molecular complexity index is 2810. The highest BCUT2D eigenvalue weighted by molar-refractivity contribution is 6.10. The van der Waals surface area contributed by atoms with E-state index in [0.29, 0.717) is 0 Å². The van der Waals surface area contributed by atoms with E-state index in [4.69, 9.17) is 0 Å². The molecule has 0 bridgehead atoms. The quantitative estimate of drug-likeness (QED) is 0.186. The number of aromatic nitrogens is 2. The van der Waals surface area contributed by atoms with Crippen LogP contribution in [0.5, 0.6) is 0 Å². The van der Waals surface area contributed by atoms with Crippen LogP contribution in [0.3, 0.4) is 0 Å². The van der Waals surface area contributed by atoms with Gasteiger partial charge in [-0.3, -0.25) is 4.98 Å². The molecule has 51 heavy (non-hydrogen) atoms. The van der Waals surface area contributed by atoms with Gasteiger partial charge in [-0.15, -0.1) is 0 Å². The third-order valence-electron chi connectivity index (χ3n) is 11.3. The van der Waals surface area contributed by atoms with Gasteiger partial charge in [-0.05, 0) is 104 Å². The fourth-order valence-corrected chi connectivity index (χ4v) is 9.04. The van der Waals surface area contributed by atoms with Gasteiger partial charge in [0.05, 0.1) is 11.0 Å². The van der Waals surface area contributed by atoms with Gasteiger partial charge in [0.15, 0.2) is 0 Å². The fourth-order valence-electron chi connectivity index (χ4n) is 9.04. The summed E-state index contributed by atoms with van der Waals surface area (Å²) in [5.74, 6) is 0.459. The standard InChI is InChI=1S/C49H32N2/c1-3-11-31(12-4-1)48-38-17-8-7-15-36(38)42-27-33(19-22-39(42)48)34-20-24-47-44(28-34)37-16-9-10-18-46(37)51(47)35-21-23-40-43(29-35)45-30-50-26-25-41(45)49(40)32-13-5-2-6-14-32/h1-30,48-49H. The molecular weight excluding hydrogens is 617 g/mol. The van der Waals surface area contributed by atoms with Crippen LogP contribution >= 0.6 is 0 Å². The van der Waals surface area contributed by atoms with E-state index in [0.717, 1.165) is 5.69 Å². The summed E-state index contributed by atoms with van der Waals surface area (Å²) < 4.78 is 2.43. The molecule has 7 aromatic carbocycles. The highest BCUT2D eigenvalue weighted by Gasteiger charge is 2.32. The van der Waals surface area contributed by atoms with Crippen molar-refractivity contribution in [2.45, 2.75) is 11.8 Å². The Hall–Kier alpha value is -6.51. The van der Waals surface area contributed by atoms with Gasteiger partial charge < -0.3 is 4.57 Å². The van der Waals surface area contributed by atoms with Crippen LogP contribution in [0.2, 0.25) is 0 Å². The number of hydrogen-bond acceptors (Lipinski definition) is 1. The molecule has 0 N–H and O–H groups in total. The zero-order chi connectivity index (χ0) is 33.5. The van der Waals surface area contributed by atoms with Gasteiger partial charge in [0, 0.05) is 46.3 Å². The van der Waals surface area contributed by atoms with Crippen LogP contribution in [-0.2, 0) is 0 Å². The zero-order valence-electron chi connectivity index (χ0n) is 27.9. The highest BCUT2D eigenvalue weighted by Crippen LogP contribution is 2.50. The Morgan fingerprint density at radius 2 is 0.980 bits per heavy atom. The SMILES string of the molecule is c1ccc(C2c3ccccc3-c3cc(-c4ccc5c(c4)c4ccccc4n5-c4ccc5c(c4)-c4cnccc4C5c4ccccc4)ccc32)cc1. The second kappa shape index (κ2) is 11.0. The summed E-state index contributed by atoms with van der Waals surface area (Å²) >= 11 is 0. The van der Waals surface area contributed by atoms with E-state index in [1.165, 1.54) is 88.6 Å². The normalized spacial score (nSPS) is 15.5. The number of para-hydroxylation sites is 1. The van der Waals surface area contributed by atoms with Gasteiger partial charge in [-0.1, -0.05) is 127 Å². The van der Waals surface area contributed by atoms with Crippen molar-refractivity contribution in [3.05, 3.63) is 216 Å². The summed E-state index contributed by atoms with van der Waals surface area (Å²) in [6.07, 6.45) is 3.96. The molecule has 2 unspecified atom stereocenters. The van der Waals surface area contributed by atoms with Gasteiger partial charge in [0.2, 0.25) is 0 Å². The monoisotopic (exact) mass is 648 g/mol. The van der Waals surface area contributed by atoms with Crippen LogP contribution in [0.25, 0.3) is 60.9 Å². The summed E-state index contributed by atoms with van der Waals surface area (Å²) in [7, 11) is 0. The summed E-state index contributed by atoms with van der Waals surface area (Å²) in [5, 5.41) is 2.52. The van der Waals surface area contributed by atoms with Gasteiger partial charge in [-0.2, -0.15) is 0 Å². The van der Waals surface area contributed by atoms with E-state index >= 15 is 0 Å². The molecule has 0 spiro atoms. The second-order valence-corrected chi connectivity index (χ2v) is 13.9. The lowest BCUT2D eigenvalue weighted by atomic mass is 9.89. The molecule has 2 nitrogen and oxygen atoms in total. The Kier molecular flexibility index (Phi) is 6.11. The van der Waals surface area contributed by atoms with Crippen LogP contribution in [0.15, 0.2) is 182 Å². The third-order valence-corrected chi connectivity index (χ3v) is 11.3. The number of benzene rings is 7. The van der Waals surface area contributed by atoms with Gasteiger partial charge in [0.1, 0.15) is 0 Å². The molecule has 238 valence electrons. The molecule has 0 aliphatic heterocycles. The van der Waals surface area contributed by atoms with Crippen molar-refractivity contribution in [3.8, 4) is 39.1 Å². The maximum absolute atomic E-state index is 4.56. The second-order valence-electron chi connectivity index (χ2n) is 13.9. The number of hydrogen-bond donors (Lipinski definition) is 0. The first-order chi connectivity index (χ1) is 25.3. The number of rotatable bonds is 4. The van der Waals surface area contributed by atoms with Crippen molar-refractivity contribution < 1.29 is 0 Å². The summed E-state index contributed by atoms with van der Waals surface area (Å²) in [4.78, 5) is 4.56. The molecule has 9 aromatic rings. The van der Waals surface area contributed by atoms with Crippen molar-refractivity contribution >= 4 is 21.8 Å². The summed E-state index contributed by atoms with van der Waals surface area (Å²) in [6, 6.07) is 62.8. The highest BCUT2D eigenvalue weighted by atomic mass is 15.0. The molecule has 0 fully saturated rings. The predicted molar refractivity (Wildman–Crippen MR) is 210 cm³/mol. The maximum Gasteiger partial charge on any atom is 0.0541 e. The minimum Gasteiger partial charge on any atom is -0.309 e. The molecule has 0 saturated heterocycles. The van der Waals surface area contributed by atoms with E-state index in [1.54, 1.807) is 0 Å². The van der Waals surface area contributed by atoms with Gasteiger partial charge in [-0.25, -0.2) is 0 Å². The number of nitrogens with zero attached hydrogens (tertiary/aromatic N) is 2. The number of fused-ring (bicyclic) bond motifs is 9. The fraction of sp³-hybridized carbons (Fsp3) is 0.0408. The van der Waals surface area contributed by atoms with Crippen molar-refractivity contribution in [2.75, 3.05) is 0 Å². The van der Waals surface area contributed by atoms with Crippen LogP contribution in [-0.4, -0.2) is 9.55 Å². The first-order valence-corrected chi connectivity index (χ1v) is 17.8. The minimum absolute atomic E-state index is 0.205. The van der Waals surface area contributed by atoms with Gasteiger partial charge >= 0.3 is 0 Å². The number of pyridine rings is 1. The molecule has 0 amide bonds. The molecular formula is C49H32N2. The molecule has 2 aliphatic carbocycles. The molecule has 2 aliphatic rings. The lowest BCUT2D eigenvalue weighted by Crippen LogP contribution is -2.00. The van der Waals surface area contributed by atoms with E-state index in [9.17, 15) is 0 Å². The summed E-state index contributed by atoms with van der Waals surface area (Å²) in [6.45, 7) is 0. The van der Waals surface area contributed by atoms with E-state index in [2.05, 4.69) is 179 Å². The average molecular weight is 649 g/mol. The Balaban J connectivity index is 1.05. The van der Waals surface area contributed by atoms with Crippen LogP contribution in [0, 0.1) is 0 Å². The van der Waals surface area contributed by atoms with Crippen molar-refractivity contribution in [1.82, 2.24) is 9.55 Å². The largest absolute Gasteiger partial charge is 0.309 e. The minimum atomic E-state index is 0.205. The zero-order valence-corrected chi connectivity index (χ0v) is 27.9. The molecule has 11 rings (SSSR count). The first kappa shape index (κ1) is 28.3. The van der Waals surface area contributed by atoms with Crippen molar-refractivity contribution in [3.63, 3.8) is 0 Å². The van der Waals surface area contributed by atoms with E-state index in [1.807, 2.05) is 12.4 Å². The molecule has 0 saturated carbocycles. The lowest BCUT2D eigenvalue weighted by Gasteiger charge is -2.15. The summed E-state index contributed by atoms with van der Waals surface area (Å²) in [5.41, 5.74) is 19.3. The average Bonchev–Trinajstić information content (AvgIpc) is 3.83. The van der Waals surface area contributed by atoms with E-state index in [-0.39, 0.29) is 11.8 Å². The molecule has 2 atom stereocenters. The third kappa shape index (κ3) is 4.20. The molecule has 2 aromatic heterocycles. The van der Waals surface area contributed by atoms with Crippen LogP contribution in [0.4, 0.5) is 0 Å². The van der Waals surface area contributed by atoms with Crippen LogP contribution < -0.4 is 0 Å². The molecule has 0 radical (unpaired) electrons. The Morgan fingerprint density at radius 3 is 1.78 bits per heavy atom.